The molecule has 1 fully saturated rings. The second-order valence-corrected chi connectivity index (χ2v) is 5.93. The van der Waals surface area contributed by atoms with Crippen molar-refractivity contribution in [3.63, 3.8) is 0 Å². The van der Waals surface area contributed by atoms with Crippen LogP contribution in [0.3, 0.4) is 0 Å². The van der Waals surface area contributed by atoms with Crippen LogP contribution in [0.2, 0.25) is 5.02 Å². The zero-order chi connectivity index (χ0) is 16.4. The van der Waals surface area contributed by atoms with Crippen molar-refractivity contribution in [3.05, 3.63) is 45.1 Å². The number of hydrogen-bond acceptors (Lipinski definition) is 7. The third-order valence-electron chi connectivity index (χ3n) is 3.85. The predicted molar refractivity (Wildman–Crippen MR) is 88.6 cm³/mol. The Kier molecular flexibility index (Phi) is 5.63. The monoisotopic (exact) mass is 374 g/mol. The topological polar surface area (TPSA) is 117 Å². The van der Waals surface area contributed by atoms with E-state index in [9.17, 15) is 10.1 Å². The highest BCUT2D eigenvalue weighted by molar-refractivity contribution is 6.30. The molecule has 10 heteroatoms. The van der Waals surface area contributed by atoms with Gasteiger partial charge in [-0.25, -0.2) is 0 Å². The number of halogens is 2. The molecule has 0 amide bonds. The SMILES string of the molecule is Cl.NC1(c2noc(CCOc3ccc(Cl)cc3[N+](=O)[O-])n2)CCC1. The number of nitro groups is 1. The largest absolute Gasteiger partial charge is 0.486 e. The number of rotatable bonds is 6. The number of nitro benzene ring substituents is 1. The number of benzene rings is 1. The molecule has 0 bridgehead atoms. The molecule has 0 spiro atoms. The van der Waals surface area contributed by atoms with Crippen LogP contribution in [0.4, 0.5) is 5.69 Å². The van der Waals surface area contributed by atoms with E-state index in [1.807, 2.05) is 0 Å². The molecule has 1 aromatic carbocycles. The van der Waals surface area contributed by atoms with Gasteiger partial charge >= 0.3 is 5.69 Å². The zero-order valence-electron chi connectivity index (χ0n) is 12.6. The summed E-state index contributed by atoms with van der Waals surface area (Å²) in [6.45, 7) is 0.168. The molecular weight excluding hydrogens is 359 g/mol. The molecule has 0 radical (unpaired) electrons. The quantitative estimate of drug-likeness (QED) is 0.609. The van der Waals surface area contributed by atoms with Crippen molar-refractivity contribution < 1.29 is 14.2 Å². The molecule has 1 heterocycles. The minimum Gasteiger partial charge on any atom is -0.486 e. The normalized spacial score (nSPS) is 15.2. The Bertz CT molecular complexity index is 733. The molecule has 130 valence electrons. The van der Waals surface area contributed by atoms with Gasteiger partial charge in [0.15, 0.2) is 11.6 Å². The van der Waals surface area contributed by atoms with Crippen molar-refractivity contribution in [2.24, 2.45) is 5.73 Å². The van der Waals surface area contributed by atoms with Crippen LogP contribution in [-0.4, -0.2) is 21.7 Å². The predicted octanol–water partition coefficient (Wildman–Crippen LogP) is 3.01. The summed E-state index contributed by atoms with van der Waals surface area (Å²) in [6, 6.07) is 4.24. The molecule has 2 aromatic rings. The van der Waals surface area contributed by atoms with Crippen molar-refractivity contribution in [3.8, 4) is 5.75 Å². The number of hydrogen-bond donors (Lipinski definition) is 1. The Hall–Kier alpha value is -1.90. The lowest BCUT2D eigenvalue weighted by Gasteiger charge is -2.34. The van der Waals surface area contributed by atoms with E-state index >= 15 is 0 Å². The summed E-state index contributed by atoms with van der Waals surface area (Å²) in [5.74, 6) is 1.05. The minimum absolute atomic E-state index is 0. The second kappa shape index (κ2) is 7.33. The Morgan fingerprint density at radius 3 is 2.83 bits per heavy atom. The lowest BCUT2D eigenvalue weighted by Crippen LogP contribution is -2.44. The van der Waals surface area contributed by atoms with Crippen molar-refractivity contribution in [2.75, 3.05) is 6.61 Å². The molecular formula is C14H16Cl2N4O4. The smallest absolute Gasteiger partial charge is 0.312 e. The average molecular weight is 375 g/mol. The first-order valence-electron chi connectivity index (χ1n) is 7.17. The van der Waals surface area contributed by atoms with Gasteiger partial charge in [0.1, 0.15) is 0 Å². The van der Waals surface area contributed by atoms with Gasteiger partial charge in [-0.15, -0.1) is 12.4 Å². The fourth-order valence-electron chi connectivity index (χ4n) is 2.34. The van der Waals surface area contributed by atoms with Crippen LogP contribution in [0.25, 0.3) is 0 Å². The molecule has 0 unspecified atom stereocenters. The Labute approximate surface area is 148 Å². The minimum atomic E-state index is -0.541. The standard InChI is InChI=1S/C14H15ClN4O4.ClH/c15-9-2-3-11(10(8-9)19(20)21)22-7-4-12-17-13(18-23-12)14(16)5-1-6-14;/h2-3,8H,1,4-7,16H2;1H. The average Bonchev–Trinajstić information content (AvgIpc) is 2.95. The molecule has 24 heavy (non-hydrogen) atoms. The molecule has 1 aliphatic carbocycles. The van der Waals surface area contributed by atoms with Crippen LogP contribution in [0.15, 0.2) is 22.7 Å². The summed E-state index contributed by atoms with van der Waals surface area (Å²) in [5, 5.41) is 15.2. The highest BCUT2D eigenvalue weighted by Gasteiger charge is 2.38. The van der Waals surface area contributed by atoms with E-state index in [2.05, 4.69) is 10.1 Å². The van der Waals surface area contributed by atoms with E-state index in [1.165, 1.54) is 18.2 Å². The third-order valence-corrected chi connectivity index (χ3v) is 4.09. The fraction of sp³-hybridized carbons (Fsp3) is 0.429. The van der Waals surface area contributed by atoms with Gasteiger partial charge in [0.25, 0.3) is 0 Å². The second-order valence-electron chi connectivity index (χ2n) is 5.49. The van der Waals surface area contributed by atoms with Gasteiger partial charge in [-0.1, -0.05) is 16.8 Å². The van der Waals surface area contributed by atoms with Gasteiger partial charge < -0.3 is 15.0 Å². The number of aromatic nitrogens is 2. The van der Waals surface area contributed by atoms with E-state index in [0.717, 1.165) is 19.3 Å². The fourth-order valence-corrected chi connectivity index (χ4v) is 2.51. The Morgan fingerprint density at radius 1 is 1.46 bits per heavy atom. The van der Waals surface area contributed by atoms with Crippen molar-refractivity contribution >= 4 is 29.7 Å². The third kappa shape index (κ3) is 3.77. The van der Waals surface area contributed by atoms with Crippen molar-refractivity contribution in [2.45, 2.75) is 31.2 Å². The van der Waals surface area contributed by atoms with E-state index in [1.54, 1.807) is 0 Å². The Morgan fingerprint density at radius 2 is 2.21 bits per heavy atom. The first-order valence-corrected chi connectivity index (χ1v) is 7.54. The lowest BCUT2D eigenvalue weighted by atomic mass is 9.77. The van der Waals surface area contributed by atoms with E-state index in [4.69, 9.17) is 26.6 Å². The van der Waals surface area contributed by atoms with Gasteiger partial charge in [0.2, 0.25) is 5.89 Å². The van der Waals surface area contributed by atoms with Gasteiger partial charge in [0.05, 0.1) is 23.5 Å². The molecule has 1 aliphatic rings. The first-order chi connectivity index (χ1) is 11.0. The summed E-state index contributed by atoms with van der Waals surface area (Å²) < 4.78 is 10.6. The summed E-state index contributed by atoms with van der Waals surface area (Å²) >= 11 is 5.75. The van der Waals surface area contributed by atoms with Crippen LogP contribution in [0, 0.1) is 10.1 Å². The molecule has 1 aromatic heterocycles. The molecule has 0 saturated heterocycles. The van der Waals surface area contributed by atoms with Gasteiger partial charge in [-0.2, -0.15) is 4.98 Å². The number of nitrogens with zero attached hydrogens (tertiary/aromatic N) is 3. The van der Waals surface area contributed by atoms with Gasteiger partial charge in [-0.3, -0.25) is 10.1 Å². The maximum Gasteiger partial charge on any atom is 0.312 e. The summed E-state index contributed by atoms with van der Waals surface area (Å²) in [7, 11) is 0. The van der Waals surface area contributed by atoms with Crippen molar-refractivity contribution in [1.29, 1.82) is 0 Å². The van der Waals surface area contributed by atoms with E-state index in [0.29, 0.717) is 18.1 Å². The number of nitrogens with two attached hydrogens (primary N) is 1. The summed E-state index contributed by atoms with van der Waals surface area (Å²) in [4.78, 5) is 14.7. The van der Waals surface area contributed by atoms with E-state index in [-0.39, 0.29) is 35.5 Å². The number of ether oxygens (including phenoxy) is 1. The van der Waals surface area contributed by atoms with Crippen LogP contribution >= 0.6 is 24.0 Å². The van der Waals surface area contributed by atoms with Crippen LogP contribution < -0.4 is 10.5 Å². The summed E-state index contributed by atoms with van der Waals surface area (Å²) in [6.07, 6.45) is 3.09. The molecule has 0 aliphatic heterocycles. The lowest BCUT2D eigenvalue weighted by molar-refractivity contribution is -0.385. The van der Waals surface area contributed by atoms with Crippen LogP contribution in [-0.2, 0) is 12.0 Å². The van der Waals surface area contributed by atoms with Gasteiger partial charge in [-0.05, 0) is 31.4 Å². The van der Waals surface area contributed by atoms with Crippen molar-refractivity contribution in [1.82, 2.24) is 10.1 Å². The van der Waals surface area contributed by atoms with Crippen LogP contribution in [0.5, 0.6) is 5.75 Å². The zero-order valence-corrected chi connectivity index (χ0v) is 14.2. The highest BCUT2D eigenvalue weighted by atomic mass is 35.5. The molecule has 8 nitrogen and oxygen atoms in total. The maximum absolute atomic E-state index is 11.0. The molecule has 0 atom stereocenters. The van der Waals surface area contributed by atoms with Crippen LogP contribution in [0.1, 0.15) is 31.0 Å². The Balaban J connectivity index is 0.00000208. The molecule has 2 N–H and O–H groups in total. The first kappa shape index (κ1) is 18.4. The molecule has 3 rings (SSSR count). The van der Waals surface area contributed by atoms with E-state index < -0.39 is 10.5 Å². The maximum atomic E-state index is 11.0. The molecule has 1 saturated carbocycles. The highest BCUT2D eigenvalue weighted by Crippen LogP contribution is 2.37. The summed E-state index contributed by atoms with van der Waals surface area (Å²) in [5.41, 5.74) is 5.46. The van der Waals surface area contributed by atoms with Gasteiger partial charge in [0, 0.05) is 11.1 Å².